The Labute approximate surface area is 219 Å². The second-order valence-electron chi connectivity index (χ2n) is 7.71. The molecule has 37 heavy (non-hydrogen) atoms. The second kappa shape index (κ2) is 12.2. The minimum absolute atomic E-state index is 0.148. The van der Waals surface area contributed by atoms with Crippen molar-refractivity contribution in [2.24, 2.45) is 0 Å². The predicted molar refractivity (Wildman–Crippen MR) is 146 cm³/mol. The number of aromatic nitrogens is 2. The van der Waals surface area contributed by atoms with E-state index in [-0.39, 0.29) is 11.7 Å². The number of nitrogens with zero attached hydrogens (tertiary/aromatic N) is 2. The average molecular weight is 521 g/mol. The zero-order chi connectivity index (χ0) is 26.2. The molecule has 0 atom stereocenters. The van der Waals surface area contributed by atoms with Crippen molar-refractivity contribution in [3.8, 4) is 23.0 Å². The number of nitrogens with one attached hydrogen (secondary N) is 2. The number of hydrogen-bond donors (Lipinski definition) is 2. The summed E-state index contributed by atoms with van der Waals surface area (Å²) in [5, 5.41) is 7.52. The molecule has 0 bridgehead atoms. The van der Waals surface area contributed by atoms with Crippen molar-refractivity contribution in [1.29, 1.82) is 0 Å². The van der Waals surface area contributed by atoms with Gasteiger partial charge < -0.3 is 29.6 Å². The maximum Gasteiger partial charge on any atom is 0.234 e. The molecule has 0 fully saturated rings. The molecule has 4 rings (SSSR count). The van der Waals surface area contributed by atoms with Crippen LogP contribution in [0.4, 0.5) is 17.2 Å². The summed E-state index contributed by atoms with van der Waals surface area (Å²) in [6.45, 7) is 2.51. The van der Waals surface area contributed by atoms with Crippen LogP contribution in [0.3, 0.4) is 0 Å². The van der Waals surface area contributed by atoms with Crippen LogP contribution in [-0.2, 0) is 4.79 Å². The van der Waals surface area contributed by atoms with Crippen molar-refractivity contribution in [3.63, 3.8) is 0 Å². The summed E-state index contributed by atoms with van der Waals surface area (Å²) < 4.78 is 21.8. The average Bonchev–Trinajstić information content (AvgIpc) is 2.92. The fraction of sp³-hybridized carbons (Fsp3) is 0.222. The molecular weight excluding hydrogens is 492 g/mol. The van der Waals surface area contributed by atoms with E-state index in [0.717, 1.165) is 16.7 Å². The molecular formula is C27H28N4O5S. The first-order valence-electron chi connectivity index (χ1n) is 11.5. The lowest BCUT2D eigenvalue weighted by molar-refractivity contribution is -0.113. The quantitative estimate of drug-likeness (QED) is 0.195. The van der Waals surface area contributed by atoms with Gasteiger partial charge in [-0.2, -0.15) is 0 Å². The van der Waals surface area contributed by atoms with Crippen LogP contribution in [0.15, 0.2) is 65.8 Å². The van der Waals surface area contributed by atoms with E-state index in [1.807, 2.05) is 43.3 Å². The summed E-state index contributed by atoms with van der Waals surface area (Å²) in [5.74, 6) is 2.87. The van der Waals surface area contributed by atoms with E-state index in [2.05, 4.69) is 15.6 Å². The van der Waals surface area contributed by atoms with Crippen LogP contribution in [0.5, 0.6) is 23.0 Å². The molecule has 0 radical (unpaired) electrons. The first-order chi connectivity index (χ1) is 18.0. The Morgan fingerprint density at radius 3 is 2.24 bits per heavy atom. The van der Waals surface area contributed by atoms with Crippen LogP contribution < -0.4 is 29.6 Å². The Bertz CT molecular complexity index is 1360. The summed E-state index contributed by atoms with van der Waals surface area (Å²) in [6.07, 6.45) is 0. The van der Waals surface area contributed by atoms with Crippen LogP contribution >= 0.6 is 11.8 Å². The molecule has 1 amide bonds. The van der Waals surface area contributed by atoms with Gasteiger partial charge in [0.05, 0.1) is 39.2 Å². The second-order valence-corrected chi connectivity index (χ2v) is 8.65. The van der Waals surface area contributed by atoms with Crippen molar-refractivity contribution in [2.45, 2.75) is 12.1 Å². The summed E-state index contributed by atoms with van der Waals surface area (Å²) in [7, 11) is 4.68. The molecule has 0 aliphatic heterocycles. The zero-order valence-electron chi connectivity index (χ0n) is 21.0. The molecule has 0 spiro atoms. The molecule has 10 heteroatoms. The van der Waals surface area contributed by atoms with E-state index in [9.17, 15) is 4.79 Å². The van der Waals surface area contributed by atoms with E-state index in [0.29, 0.717) is 46.2 Å². The number of thioether (sulfide) groups is 1. The third-order valence-corrected chi connectivity index (χ3v) is 6.14. The van der Waals surface area contributed by atoms with Crippen molar-refractivity contribution in [2.75, 3.05) is 44.3 Å². The largest absolute Gasteiger partial charge is 0.494 e. The molecule has 0 unspecified atom stereocenters. The molecule has 0 aliphatic carbocycles. The van der Waals surface area contributed by atoms with Gasteiger partial charge >= 0.3 is 0 Å². The highest BCUT2D eigenvalue weighted by atomic mass is 32.2. The monoisotopic (exact) mass is 520 g/mol. The minimum atomic E-state index is -0.162. The number of benzene rings is 3. The van der Waals surface area contributed by atoms with Gasteiger partial charge in [-0.1, -0.05) is 23.9 Å². The van der Waals surface area contributed by atoms with Crippen molar-refractivity contribution < 1.29 is 23.7 Å². The Morgan fingerprint density at radius 1 is 0.892 bits per heavy atom. The lowest BCUT2D eigenvalue weighted by atomic mass is 10.2. The van der Waals surface area contributed by atoms with Crippen LogP contribution in [0.2, 0.25) is 0 Å². The van der Waals surface area contributed by atoms with Gasteiger partial charge in [0, 0.05) is 28.9 Å². The van der Waals surface area contributed by atoms with Crippen LogP contribution in [-0.4, -0.2) is 49.6 Å². The molecule has 9 nitrogen and oxygen atoms in total. The summed E-state index contributed by atoms with van der Waals surface area (Å²) >= 11 is 1.25. The molecule has 0 saturated heterocycles. The van der Waals surface area contributed by atoms with E-state index in [4.69, 9.17) is 23.9 Å². The van der Waals surface area contributed by atoms with Gasteiger partial charge in [0.25, 0.3) is 0 Å². The van der Waals surface area contributed by atoms with Gasteiger partial charge in [-0.15, -0.1) is 0 Å². The Morgan fingerprint density at radius 2 is 1.59 bits per heavy atom. The molecule has 1 heterocycles. The highest BCUT2D eigenvalue weighted by Gasteiger charge is 2.16. The van der Waals surface area contributed by atoms with Gasteiger partial charge in [-0.05, 0) is 43.3 Å². The zero-order valence-corrected chi connectivity index (χ0v) is 21.8. The number of ether oxygens (including phenoxy) is 4. The molecule has 1 aromatic heterocycles. The first-order valence-corrected chi connectivity index (χ1v) is 12.5. The molecule has 192 valence electrons. The van der Waals surface area contributed by atoms with Gasteiger partial charge in [0.15, 0.2) is 16.7 Å². The smallest absolute Gasteiger partial charge is 0.234 e. The molecule has 4 aromatic rings. The lowest BCUT2D eigenvalue weighted by Gasteiger charge is -2.16. The SMILES string of the molecule is CCOc1ccc(NC(=O)CSc2nc(Nc3cc(OC)c(OC)c(OC)c3)c3ccccc3n2)cc1. The predicted octanol–water partition coefficient (Wildman–Crippen LogP) is 5.53. The van der Waals surface area contributed by atoms with Gasteiger partial charge in [0.2, 0.25) is 11.7 Å². The summed E-state index contributed by atoms with van der Waals surface area (Å²) in [6, 6.07) is 18.5. The van der Waals surface area contributed by atoms with Crippen LogP contribution in [0, 0.1) is 0 Å². The topological polar surface area (TPSA) is 104 Å². The van der Waals surface area contributed by atoms with E-state index in [1.165, 1.54) is 11.8 Å². The fourth-order valence-electron chi connectivity index (χ4n) is 3.63. The number of amides is 1. The van der Waals surface area contributed by atoms with Crippen LogP contribution in [0.1, 0.15) is 6.92 Å². The van der Waals surface area contributed by atoms with Crippen molar-refractivity contribution in [3.05, 3.63) is 60.7 Å². The number of rotatable bonds is 11. The van der Waals surface area contributed by atoms with Crippen LogP contribution in [0.25, 0.3) is 10.9 Å². The van der Waals surface area contributed by atoms with E-state index < -0.39 is 0 Å². The highest BCUT2D eigenvalue weighted by Crippen LogP contribution is 2.41. The Kier molecular flexibility index (Phi) is 8.52. The van der Waals surface area contributed by atoms with Gasteiger partial charge in [0.1, 0.15) is 11.6 Å². The maximum absolute atomic E-state index is 12.6. The molecule has 3 aromatic carbocycles. The highest BCUT2D eigenvalue weighted by molar-refractivity contribution is 7.99. The molecule has 0 saturated carbocycles. The maximum atomic E-state index is 12.6. The third-order valence-electron chi connectivity index (χ3n) is 5.29. The number of carbonyl (C=O) groups excluding carboxylic acids is 1. The first kappa shape index (κ1) is 25.9. The standard InChI is InChI=1S/C27H28N4O5S/c1-5-36-19-12-10-17(11-13-19)28-24(32)16-37-27-30-21-9-7-6-8-20(21)26(31-27)29-18-14-22(33-2)25(35-4)23(15-18)34-3/h6-15H,5,16H2,1-4H3,(H,28,32)(H,29,30,31). The summed E-state index contributed by atoms with van der Waals surface area (Å²) in [5.41, 5.74) is 2.14. The third kappa shape index (κ3) is 6.34. The molecule has 2 N–H and O–H groups in total. The number of para-hydroxylation sites is 1. The number of carbonyl (C=O) groups is 1. The lowest BCUT2D eigenvalue weighted by Crippen LogP contribution is -2.14. The van der Waals surface area contributed by atoms with Gasteiger partial charge in [-0.3, -0.25) is 4.79 Å². The van der Waals surface area contributed by atoms with Crippen molar-refractivity contribution >= 4 is 45.8 Å². The Balaban J connectivity index is 1.53. The van der Waals surface area contributed by atoms with E-state index >= 15 is 0 Å². The van der Waals surface area contributed by atoms with Gasteiger partial charge in [-0.25, -0.2) is 9.97 Å². The molecule has 0 aliphatic rings. The number of anilines is 3. The normalized spacial score (nSPS) is 10.6. The Hall–Kier alpha value is -4.18. The summed E-state index contributed by atoms with van der Waals surface area (Å²) in [4.78, 5) is 21.9. The number of methoxy groups -OCH3 is 3. The number of hydrogen-bond acceptors (Lipinski definition) is 9. The fourth-order valence-corrected chi connectivity index (χ4v) is 4.28. The van der Waals surface area contributed by atoms with E-state index in [1.54, 1.807) is 45.6 Å². The minimum Gasteiger partial charge on any atom is -0.494 e. The van der Waals surface area contributed by atoms with Crippen molar-refractivity contribution in [1.82, 2.24) is 9.97 Å². The number of fused-ring (bicyclic) bond motifs is 1.